The number of sulfonamides is 1. The number of hydrogen-bond acceptors (Lipinski definition) is 7. The van der Waals surface area contributed by atoms with E-state index in [0.717, 1.165) is 12.8 Å². The zero-order valence-electron chi connectivity index (χ0n) is 19.0. The van der Waals surface area contributed by atoms with Crippen LogP contribution < -0.4 is 10.1 Å². The second kappa shape index (κ2) is 12.2. The van der Waals surface area contributed by atoms with Gasteiger partial charge < -0.3 is 19.5 Å². The number of carbonyl (C=O) groups is 2. The van der Waals surface area contributed by atoms with Gasteiger partial charge in [-0.1, -0.05) is 25.3 Å². The molecule has 1 amide bonds. The van der Waals surface area contributed by atoms with E-state index >= 15 is 0 Å². The first-order valence-corrected chi connectivity index (χ1v) is 12.7. The first kappa shape index (κ1) is 25.2. The quantitative estimate of drug-likeness (QED) is 0.425. The van der Waals surface area contributed by atoms with Gasteiger partial charge in [-0.15, -0.1) is 0 Å². The number of ether oxygens (including phenoxy) is 3. The number of amides is 1. The summed E-state index contributed by atoms with van der Waals surface area (Å²) in [5, 5.41) is 2.82. The molecule has 10 heteroatoms. The maximum atomic E-state index is 13.0. The molecule has 1 saturated heterocycles. The lowest BCUT2D eigenvalue weighted by Crippen LogP contribution is -2.40. The van der Waals surface area contributed by atoms with Gasteiger partial charge in [0, 0.05) is 25.7 Å². The predicted molar refractivity (Wildman–Crippen MR) is 122 cm³/mol. The Labute approximate surface area is 195 Å². The molecule has 1 aromatic rings. The lowest BCUT2D eigenvalue weighted by molar-refractivity contribution is -0.143. The van der Waals surface area contributed by atoms with Gasteiger partial charge in [0.05, 0.1) is 20.3 Å². The zero-order chi connectivity index (χ0) is 23.7. The van der Waals surface area contributed by atoms with Crippen molar-refractivity contribution in [2.24, 2.45) is 5.92 Å². The number of morpholine rings is 1. The fourth-order valence-electron chi connectivity index (χ4n) is 3.97. The molecule has 0 atom stereocenters. The van der Waals surface area contributed by atoms with Crippen molar-refractivity contribution in [2.75, 3.05) is 46.6 Å². The van der Waals surface area contributed by atoms with Crippen LogP contribution in [0.1, 0.15) is 37.7 Å². The maximum absolute atomic E-state index is 13.0. The highest BCUT2D eigenvalue weighted by atomic mass is 32.2. The minimum atomic E-state index is -3.78. The Morgan fingerprint density at radius 3 is 2.61 bits per heavy atom. The first-order valence-electron chi connectivity index (χ1n) is 11.3. The van der Waals surface area contributed by atoms with E-state index < -0.39 is 16.0 Å². The largest absolute Gasteiger partial charge is 0.495 e. The van der Waals surface area contributed by atoms with E-state index in [1.54, 1.807) is 6.07 Å². The third kappa shape index (κ3) is 7.28. The Bertz CT molecular complexity index is 950. The molecule has 3 rings (SSSR count). The summed E-state index contributed by atoms with van der Waals surface area (Å²) in [6.45, 7) is 1.46. The van der Waals surface area contributed by atoms with Crippen LogP contribution in [0.2, 0.25) is 0 Å². The van der Waals surface area contributed by atoms with Crippen LogP contribution >= 0.6 is 0 Å². The summed E-state index contributed by atoms with van der Waals surface area (Å²) >= 11 is 0. The van der Waals surface area contributed by atoms with E-state index in [1.165, 1.54) is 55.0 Å². The van der Waals surface area contributed by atoms with Crippen molar-refractivity contribution in [2.45, 2.75) is 37.0 Å². The molecular weight excluding hydrogens is 448 g/mol. The van der Waals surface area contributed by atoms with E-state index in [4.69, 9.17) is 14.2 Å². The maximum Gasteiger partial charge on any atom is 0.331 e. The Kier molecular flexibility index (Phi) is 9.28. The number of hydrogen-bond donors (Lipinski definition) is 1. The number of carbonyl (C=O) groups excluding carboxylic acids is 2. The summed E-state index contributed by atoms with van der Waals surface area (Å²) in [5.74, 6) is -0.297. The van der Waals surface area contributed by atoms with Crippen molar-refractivity contribution < 1.29 is 32.2 Å². The van der Waals surface area contributed by atoms with Gasteiger partial charge in [0.1, 0.15) is 10.6 Å². The molecule has 2 fully saturated rings. The van der Waals surface area contributed by atoms with Crippen LogP contribution in [0.4, 0.5) is 0 Å². The van der Waals surface area contributed by atoms with Gasteiger partial charge in [-0.25, -0.2) is 13.2 Å². The highest BCUT2D eigenvalue weighted by Crippen LogP contribution is 2.29. The topological polar surface area (TPSA) is 111 Å². The lowest BCUT2D eigenvalue weighted by Gasteiger charge is -2.26. The van der Waals surface area contributed by atoms with Crippen LogP contribution in [-0.2, 0) is 29.1 Å². The number of esters is 1. The number of rotatable bonds is 9. The highest BCUT2D eigenvalue weighted by Gasteiger charge is 2.29. The smallest absolute Gasteiger partial charge is 0.331 e. The van der Waals surface area contributed by atoms with Gasteiger partial charge in [-0.05, 0) is 42.5 Å². The van der Waals surface area contributed by atoms with Crippen molar-refractivity contribution in [3.8, 4) is 5.75 Å². The fourth-order valence-corrected chi connectivity index (χ4v) is 5.57. The van der Waals surface area contributed by atoms with Gasteiger partial charge in [0.2, 0.25) is 10.0 Å². The number of methoxy groups -OCH3 is 1. The summed E-state index contributed by atoms with van der Waals surface area (Å²) in [5.41, 5.74) is 0.487. The Balaban J connectivity index is 1.56. The van der Waals surface area contributed by atoms with Crippen LogP contribution in [0.3, 0.4) is 0 Å². The molecule has 1 heterocycles. The molecule has 33 heavy (non-hydrogen) atoms. The Morgan fingerprint density at radius 2 is 1.91 bits per heavy atom. The van der Waals surface area contributed by atoms with E-state index in [9.17, 15) is 18.0 Å². The molecule has 0 spiro atoms. The summed E-state index contributed by atoms with van der Waals surface area (Å²) in [7, 11) is -2.38. The van der Waals surface area contributed by atoms with E-state index in [1.807, 2.05) is 0 Å². The van der Waals surface area contributed by atoms with Crippen LogP contribution in [-0.4, -0.2) is 71.2 Å². The predicted octanol–water partition coefficient (Wildman–Crippen LogP) is 1.97. The monoisotopic (exact) mass is 480 g/mol. The molecule has 1 N–H and O–H groups in total. The van der Waals surface area contributed by atoms with Crippen LogP contribution in [0.25, 0.3) is 6.08 Å². The zero-order valence-corrected chi connectivity index (χ0v) is 19.8. The van der Waals surface area contributed by atoms with Crippen LogP contribution in [0.15, 0.2) is 29.2 Å². The van der Waals surface area contributed by atoms with Crippen molar-refractivity contribution >= 4 is 28.0 Å². The lowest BCUT2D eigenvalue weighted by atomic mass is 9.89. The second-order valence-corrected chi connectivity index (χ2v) is 10.1. The molecule has 1 aromatic carbocycles. The van der Waals surface area contributed by atoms with E-state index in [0.29, 0.717) is 31.2 Å². The number of nitrogens with zero attached hydrogens (tertiary/aromatic N) is 1. The van der Waals surface area contributed by atoms with Gasteiger partial charge >= 0.3 is 5.97 Å². The van der Waals surface area contributed by atoms with Crippen molar-refractivity contribution in [3.63, 3.8) is 0 Å². The standard InChI is InChI=1S/C23H32N2O7S/c1-30-20-9-7-18(15-21(20)33(28,29)25-11-13-31-14-12-25)8-10-23(27)32-17-22(26)24-16-19-5-3-2-4-6-19/h7-10,15,19H,2-6,11-14,16-17H2,1H3,(H,24,26)/b10-8+. The minimum Gasteiger partial charge on any atom is -0.495 e. The Hall–Kier alpha value is -2.43. The Morgan fingerprint density at radius 1 is 1.18 bits per heavy atom. The number of nitrogens with one attached hydrogen (secondary N) is 1. The van der Waals surface area contributed by atoms with Gasteiger partial charge in [0.25, 0.3) is 5.91 Å². The highest BCUT2D eigenvalue weighted by molar-refractivity contribution is 7.89. The summed E-state index contributed by atoms with van der Waals surface area (Å²) in [6, 6.07) is 4.62. The molecule has 0 unspecified atom stereocenters. The molecule has 9 nitrogen and oxygen atoms in total. The summed E-state index contributed by atoms with van der Waals surface area (Å²) < 4.78 is 42.9. The molecular formula is C23H32N2O7S. The summed E-state index contributed by atoms with van der Waals surface area (Å²) in [4.78, 5) is 24.0. The summed E-state index contributed by atoms with van der Waals surface area (Å²) in [6.07, 6.45) is 8.49. The van der Waals surface area contributed by atoms with Gasteiger partial charge in [0.15, 0.2) is 6.61 Å². The molecule has 0 aromatic heterocycles. The molecule has 0 radical (unpaired) electrons. The van der Waals surface area contributed by atoms with Crippen molar-refractivity contribution in [1.82, 2.24) is 9.62 Å². The second-order valence-electron chi connectivity index (χ2n) is 8.18. The molecule has 2 aliphatic rings. The normalized spacial score (nSPS) is 18.2. The molecule has 0 bridgehead atoms. The molecule has 1 aliphatic heterocycles. The first-order chi connectivity index (χ1) is 15.9. The van der Waals surface area contributed by atoms with Gasteiger partial charge in [-0.2, -0.15) is 4.31 Å². The minimum absolute atomic E-state index is 0.0181. The average molecular weight is 481 g/mol. The SMILES string of the molecule is COc1ccc(/C=C/C(=O)OCC(=O)NCC2CCCCC2)cc1S(=O)(=O)N1CCOCC1. The van der Waals surface area contributed by atoms with Crippen molar-refractivity contribution in [1.29, 1.82) is 0 Å². The third-order valence-electron chi connectivity index (χ3n) is 5.85. The molecule has 1 saturated carbocycles. The van der Waals surface area contributed by atoms with Crippen LogP contribution in [0, 0.1) is 5.92 Å². The number of benzene rings is 1. The van der Waals surface area contributed by atoms with Crippen LogP contribution in [0.5, 0.6) is 5.75 Å². The van der Waals surface area contributed by atoms with E-state index in [2.05, 4.69) is 5.32 Å². The fraction of sp³-hybridized carbons (Fsp3) is 0.565. The van der Waals surface area contributed by atoms with Gasteiger partial charge in [-0.3, -0.25) is 4.79 Å². The van der Waals surface area contributed by atoms with E-state index in [-0.39, 0.29) is 36.2 Å². The average Bonchev–Trinajstić information content (AvgIpc) is 2.86. The molecule has 1 aliphatic carbocycles. The molecule has 182 valence electrons. The van der Waals surface area contributed by atoms with Crippen molar-refractivity contribution in [3.05, 3.63) is 29.8 Å². The third-order valence-corrected chi connectivity index (χ3v) is 7.77.